The number of hydrogen-bond acceptors (Lipinski definition) is 7. The number of carbonyl (C=O) groups excluding carboxylic acids is 3. The summed E-state index contributed by atoms with van der Waals surface area (Å²) in [5.74, 6) is -0.693. The second kappa shape index (κ2) is 11.3. The second-order valence-corrected chi connectivity index (χ2v) is 12.5. The number of nitrogens with one attached hydrogen (secondary N) is 1. The van der Waals surface area contributed by atoms with E-state index >= 15 is 0 Å². The molecule has 0 spiro atoms. The predicted octanol–water partition coefficient (Wildman–Crippen LogP) is 5.50. The number of hydrogen-bond donors (Lipinski definition) is 1. The Morgan fingerprint density at radius 2 is 1.80 bits per heavy atom. The van der Waals surface area contributed by atoms with Gasteiger partial charge < -0.3 is 19.5 Å². The number of nitrogens with zero attached hydrogens (tertiary/aromatic N) is 5. The van der Waals surface area contributed by atoms with Gasteiger partial charge in [-0.1, -0.05) is 13.0 Å². The number of fused-ring (bicyclic) bond motifs is 2. The van der Waals surface area contributed by atoms with Crippen LogP contribution in [-0.4, -0.2) is 61.2 Å². The molecule has 10 nitrogen and oxygen atoms in total. The van der Waals surface area contributed by atoms with E-state index in [0.29, 0.717) is 40.7 Å². The van der Waals surface area contributed by atoms with Crippen molar-refractivity contribution in [3.05, 3.63) is 71.1 Å². The molecule has 4 aromatic rings. The van der Waals surface area contributed by atoms with Crippen LogP contribution in [0.3, 0.4) is 0 Å². The summed E-state index contributed by atoms with van der Waals surface area (Å²) >= 11 is 0. The van der Waals surface area contributed by atoms with Gasteiger partial charge in [-0.05, 0) is 68.4 Å². The highest BCUT2D eigenvalue weighted by atomic mass is 19.4. The van der Waals surface area contributed by atoms with Crippen LogP contribution < -0.4 is 5.32 Å². The zero-order chi connectivity index (χ0) is 33.1. The Hall–Kier alpha value is -4.65. The molecule has 1 N–H and O–H groups in total. The fraction of sp³-hybridized carbons (Fsp3) is 0.394. The van der Waals surface area contributed by atoms with Gasteiger partial charge in [0.2, 0.25) is 11.8 Å². The van der Waals surface area contributed by atoms with Crippen LogP contribution in [0, 0.1) is 19.3 Å². The zero-order valence-electron chi connectivity index (χ0n) is 26.0. The molecular formula is C33H33F3N6O4. The van der Waals surface area contributed by atoms with E-state index in [1.54, 1.807) is 49.0 Å². The van der Waals surface area contributed by atoms with Gasteiger partial charge in [0.1, 0.15) is 29.9 Å². The lowest BCUT2D eigenvalue weighted by atomic mass is 10.00. The molecule has 4 heterocycles. The van der Waals surface area contributed by atoms with Gasteiger partial charge in [0, 0.05) is 53.8 Å². The largest absolute Gasteiger partial charge is 0.433 e. The van der Waals surface area contributed by atoms with Gasteiger partial charge in [0.15, 0.2) is 5.78 Å². The van der Waals surface area contributed by atoms with E-state index in [-0.39, 0.29) is 42.1 Å². The predicted molar refractivity (Wildman–Crippen MR) is 163 cm³/mol. The highest BCUT2D eigenvalue weighted by Gasteiger charge is 2.64. The van der Waals surface area contributed by atoms with E-state index in [4.69, 9.17) is 4.74 Å². The van der Waals surface area contributed by atoms with E-state index in [1.807, 2.05) is 19.1 Å². The second-order valence-electron chi connectivity index (χ2n) is 12.5. The minimum Gasteiger partial charge on any atom is -0.380 e. The minimum atomic E-state index is -4.67. The zero-order valence-corrected chi connectivity index (χ0v) is 26.0. The van der Waals surface area contributed by atoms with Crippen molar-refractivity contribution >= 4 is 34.3 Å². The summed E-state index contributed by atoms with van der Waals surface area (Å²) < 4.78 is 47.2. The third kappa shape index (κ3) is 5.63. The molecule has 1 aromatic carbocycles. The molecule has 13 heteroatoms. The van der Waals surface area contributed by atoms with Crippen LogP contribution in [0.15, 0.2) is 42.9 Å². The standard InChI is InChI=1S/C33H33F3N6O4/c1-17-6-7-26(33(34,35)36)39-30(17)40-31(45)25-10-32(4)11-27(32)42(25)28(44)15-41-14-24(18(2)43)23-9-20(8-21(16-46-5)29(23)41)22-12-37-19(3)38-13-22/h6-9,12-14,25,27H,10-11,15-16H2,1-5H3,(H,39,40,45)/t25-,27?,32-/m0/s1. The molecule has 2 amide bonds. The van der Waals surface area contributed by atoms with Gasteiger partial charge in [-0.15, -0.1) is 0 Å². The third-order valence-electron chi connectivity index (χ3n) is 9.01. The van der Waals surface area contributed by atoms with Crippen molar-refractivity contribution in [3.8, 4) is 11.1 Å². The van der Waals surface area contributed by atoms with Crippen LogP contribution in [0.1, 0.15) is 59.7 Å². The number of Topliss-reactive ketones (excluding diaryl/α,β-unsaturated/α-hetero) is 1. The normalized spacial score (nSPS) is 20.6. The van der Waals surface area contributed by atoms with Crippen LogP contribution in [0.25, 0.3) is 22.0 Å². The van der Waals surface area contributed by atoms with E-state index in [0.717, 1.165) is 22.8 Å². The number of pyridine rings is 1. The summed E-state index contributed by atoms with van der Waals surface area (Å²) in [5, 5.41) is 3.19. The van der Waals surface area contributed by atoms with E-state index in [9.17, 15) is 27.6 Å². The van der Waals surface area contributed by atoms with Crippen molar-refractivity contribution in [2.24, 2.45) is 5.41 Å². The van der Waals surface area contributed by atoms with Gasteiger partial charge >= 0.3 is 6.18 Å². The lowest BCUT2D eigenvalue weighted by molar-refractivity contribution is -0.141. The first-order chi connectivity index (χ1) is 21.7. The molecule has 6 rings (SSSR count). The van der Waals surface area contributed by atoms with Gasteiger partial charge in [0.25, 0.3) is 0 Å². The van der Waals surface area contributed by atoms with Crippen molar-refractivity contribution < 1.29 is 32.3 Å². The summed E-state index contributed by atoms with van der Waals surface area (Å²) in [6, 6.07) is 4.81. The summed E-state index contributed by atoms with van der Waals surface area (Å²) in [4.78, 5) is 54.2. The van der Waals surface area contributed by atoms with Crippen molar-refractivity contribution in [3.63, 3.8) is 0 Å². The lowest BCUT2D eigenvalue weighted by Gasteiger charge is -2.27. The molecule has 1 saturated heterocycles. The Morgan fingerprint density at radius 1 is 1.09 bits per heavy atom. The SMILES string of the molecule is COCc1cc(-c2cnc(C)nc2)cc2c(C(C)=O)cn(CC(=O)N3C4C[C@]4(C)C[C@H]3C(=O)Nc3nc(C(F)(F)F)ccc3C)c12. The number of amides is 2. The Bertz CT molecular complexity index is 1890. The molecule has 1 saturated carbocycles. The summed E-state index contributed by atoms with van der Waals surface area (Å²) in [6.45, 7) is 6.83. The highest BCUT2D eigenvalue weighted by Crippen LogP contribution is 2.59. The van der Waals surface area contributed by atoms with Gasteiger partial charge in [-0.2, -0.15) is 13.2 Å². The number of likely N-dealkylation sites (tertiary alicyclic amines) is 1. The maximum absolute atomic E-state index is 14.1. The van der Waals surface area contributed by atoms with Gasteiger partial charge in [-0.3, -0.25) is 14.4 Å². The maximum Gasteiger partial charge on any atom is 0.433 e. The number of aryl methyl sites for hydroxylation is 2. The molecule has 2 aliphatic rings. The number of piperidine rings is 1. The first-order valence-electron chi connectivity index (χ1n) is 14.8. The van der Waals surface area contributed by atoms with Crippen LogP contribution in [-0.2, 0) is 33.7 Å². The first kappa shape index (κ1) is 31.3. The van der Waals surface area contributed by atoms with E-state index < -0.39 is 23.8 Å². The van der Waals surface area contributed by atoms with Gasteiger partial charge in [0.05, 0.1) is 12.1 Å². The molecule has 0 bridgehead atoms. The summed E-state index contributed by atoms with van der Waals surface area (Å²) in [6.07, 6.45) is 1.46. The van der Waals surface area contributed by atoms with Crippen LogP contribution >= 0.6 is 0 Å². The lowest BCUT2D eigenvalue weighted by Crippen LogP contribution is -2.46. The van der Waals surface area contributed by atoms with Gasteiger partial charge in [-0.25, -0.2) is 15.0 Å². The van der Waals surface area contributed by atoms with E-state index in [1.165, 1.54) is 13.0 Å². The minimum absolute atomic E-state index is 0.162. The fourth-order valence-electron chi connectivity index (χ4n) is 6.51. The molecule has 2 fully saturated rings. The summed E-state index contributed by atoms with van der Waals surface area (Å²) in [7, 11) is 1.56. The molecule has 46 heavy (non-hydrogen) atoms. The van der Waals surface area contributed by atoms with Crippen molar-refractivity contribution in [2.45, 2.75) is 71.9 Å². The van der Waals surface area contributed by atoms with E-state index in [2.05, 4.69) is 20.3 Å². The van der Waals surface area contributed by atoms with Crippen molar-refractivity contribution in [1.29, 1.82) is 0 Å². The quantitative estimate of drug-likeness (QED) is 0.255. The third-order valence-corrected chi connectivity index (χ3v) is 9.01. The summed E-state index contributed by atoms with van der Waals surface area (Å²) in [5.41, 5.74) is 2.34. The number of halogens is 3. The Morgan fingerprint density at radius 3 is 2.46 bits per heavy atom. The molecule has 1 aliphatic carbocycles. The average Bonchev–Trinajstić information content (AvgIpc) is 3.34. The van der Waals surface area contributed by atoms with Crippen LogP contribution in [0.4, 0.5) is 19.0 Å². The van der Waals surface area contributed by atoms with Crippen molar-refractivity contribution in [1.82, 2.24) is 24.4 Å². The average molecular weight is 635 g/mol. The number of ketones is 1. The molecule has 240 valence electrons. The molecule has 1 aliphatic heterocycles. The first-order valence-corrected chi connectivity index (χ1v) is 14.8. The number of carbonyl (C=O) groups is 3. The Labute approximate surface area is 263 Å². The monoisotopic (exact) mass is 634 g/mol. The maximum atomic E-state index is 14.1. The van der Waals surface area contributed by atoms with Crippen molar-refractivity contribution in [2.75, 3.05) is 12.4 Å². The van der Waals surface area contributed by atoms with Crippen LogP contribution in [0.5, 0.6) is 0 Å². The van der Waals surface area contributed by atoms with Crippen LogP contribution in [0.2, 0.25) is 0 Å². The Kier molecular flexibility index (Phi) is 7.70. The fourth-order valence-corrected chi connectivity index (χ4v) is 6.51. The number of anilines is 1. The topological polar surface area (TPSA) is 119 Å². The number of rotatable bonds is 8. The number of alkyl halides is 3. The molecular weight excluding hydrogens is 601 g/mol. The Balaban J connectivity index is 1.33. The number of methoxy groups -OCH3 is 1. The molecule has 3 atom stereocenters. The number of aromatic nitrogens is 4. The smallest absolute Gasteiger partial charge is 0.380 e. The highest BCUT2D eigenvalue weighted by molar-refractivity contribution is 6.09. The number of benzene rings is 1. The molecule has 3 aromatic heterocycles. The molecule has 1 unspecified atom stereocenters. The number of ether oxygens (including phenoxy) is 1. The molecule has 0 radical (unpaired) electrons.